The average molecular weight is 297 g/mol. The molecule has 0 bridgehead atoms. The minimum Gasteiger partial charge on any atom is -0.465 e. The molecular weight excluding hydrogens is 278 g/mol. The Morgan fingerprint density at radius 2 is 2.10 bits per heavy atom. The van der Waals surface area contributed by atoms with Crippen LogP contribution in [-0.4, -0.2) is 38.9 Å². The van der Waals surface area contributed by atoms with Crippen molar-refractivity contribution in [1.82, 2.24) is 4.31 Å². The van der Waals surface area contributed by atoms with Crippen LogP contribution >= 0.6 is 0 Å². The highest BCUT2D eigenvalue weighted by molar-refractivity contribution is 7.89. The van der Waals surface area contributed by atoms with Gasteiger partial charge in [0.2, 0.25) is 10.0 Å². The Bertz CT molecular complexity index is 597. The number of rotatable bonds is 4. The van der Waals surface area contributed by atoms with Crippen LogP contribution in [0.3, 0.4) is 0 Å². The number of carbonyl (C=O) groups excluding carboxylic acids is 1. The first-order valence-corrected chi connectivity index (χ1v) is 8.12. The summed E-state index contributed by atoms with van der Waals surface area (Å²) in [4.78, 5) is 11.7. The molecule has 1 atom stereocenters. The third-order valence-corrected chi connectivity index (χ3v) is 5.66. The van der Waals surface area contributed by atoms with Crippen LogP contribution in [0.2, 0.25) is 0 Å². The summed E-state index contributed by atoms with van der Waals surface area (Å²) < 4.78 is 31.4. The molecule has 1 aromatic rings. The number of benzene rings is 1. The van der Waals surface area contributed by atoms with Crippen molar-refractivity contribution in [1.29, 1.82) is 0 Å². The number of methoxy groups -OCH3 is 1. The van der Waals surface area contributed by atoms with Gasteiger partial charge in [0, 0.05) is 13.1 Å². The molecule has 0 saturated carbocycles. The van der Waals surface area contributed by atoms with Crippen molar-refractivity contribution in [3.63, 3.8) is 0 Å². The highest BCUT2D eigenvalue weighted by Crippen LogP contribution is 2.27. The summed E-state index contributed by atoms with van der Waals surface area (Å²) in [5.74, 6) is -0.231. The van der Waals surface area contributed by atoms with Gasteiger partial charge in [0.25, 0.3) is 0 Å². The quantitative estimate of drug-likeness (QED) is 0.796. The third-order valence-electron chi connectivity index (χ3n) is 3.74. The van der Waals surface area contributed by atoms with E-state index in [1.165, 1.54) is 23.5 Å². The molecule has 0 N–H and O–H groups in total. The molecular formula is C14H19NO4S. The summed E-state index contributed by atoms with van der Waals surface area (Å²) in [6.45, 7) is 3.09. The van der Waals surface area contributed by atoms with Gasteiger partial charge in [-0.3, -0.25) is 0 Å². The van der Waals surface area contributed by atoms with Gasteiger partial charge in [-0.25, -0.2) is 13.2 Å². The van der Waals surface area contributed by atoms with Crippen LogP contribution in [0.5, 0.6) is 0 Å². The SMILES string of the molecule is CCC1CCN(S(=O)(=O)c2ccccc2C(=O)OC)C1. The zero-order valence-corrected chi connectivity index (χ0v) is 12.5. The molecule has 1 aromatic carbocycles. The van der Waals surface area contributed by atoms with Gasteiger partial charge in [-0.1, -0.05) is 25.5 Å². The van der Waals surface area contributed by atoms with E-state index in [0.29, 0.717) is 19.0 Å². The first-order valence-electron chi connectivity index (χ1n) is 6.68. The highest BCUT2D eigenvalue weighted by atomic mass is 32.2. The van der Waals surface area contributed by atoms with Crippen LogP contribution in [0.4, 0.5) is 0 Å². The lowest BCUT2D eigenvalue weighted by Crippen LogP contribution is -2.30. The summed E-state index contributed by atoms with van der Waals surface area (Å²) in [6.07, 6.45) is 1.83. The molecule has 0 radical (unpaired) electrons. The largest absolute Gasteiger partial charge is 0.465 e. The van der Waals surface area contributed by atoms with Gasteiger partial charge in [0.15, 0.2) is 0 Å². The van der Waals surface area contributed by atoms with E-state index in [1.54, 1.807) is 12.1 Å². The molecule has 110 valence electrons. The number of nitrogens with zero attached hydrogens (tertiary/aromatic N) is 1. The van der Waals surface area contributed by atoms with Crippen LogP contribution in [-0.2, 0) is 14.8 Å². The first kappa shape index (κ1) is 15.0. The van der Waals surface area contributed by atoms with Gasteiger partial charge in [-0.15, -0.1) is 0 Å². The van der Waals surface area contributed by atoms with E-state index in [9.17, 15) is 13.2 Å². The first-order chi connectivity index (χ1) is 9.50. The average Bonchev–Trinajstić information content (AvgIpc) is 2.96. The maximum atomic E-state index is 12.7. The Balaban J connectivity index is 2.38. The fourth-order valence-corrected chi connectivity index (χ4v) is 4.17. The Morgan fingerprint density at radius 1 is 1.40 bits per heavy atom. The van der Waals surface area contributed by atoms with E-state index in [0.717, 1.165) is 12.8 Å². The van der Waals surface area contributed by atoms with Gasteiger partial charge in [-0.05, 0) is 24.5 Å². The minimum absolute atomic E-state index is 0.0311. The maximum Gasteiger partial charge on any atom is 0.339 e. The standard InChI is InChI=1S/C14H19NO4S/c1-3-11-8-9-15(10-11)20(17,18)13-7-5-4-6-12(13)14(16)19-2/h4-7,11H,3,8-10H2,1-2H3. The number of esters is 1. The number of hydrogen-bond donors (Lipinski definition) is 0. The molecule has 6 heteroatoms. The summed E-state index contributed by atoms with van der Waals surface area (Å²) in [5, 5.41) is 0. The van der Waals surface area contributed by atoms with E-state index in [1.807, 2.05) is 0 Å². The third kappa shape index (κ3) is 2.71. The van der Waals surface area contributed by atoms with Crippen molar-refractivity contribution < 1.29 is 17.9 Å². The topological polar surface area (TPSA) is 63.7 Å². The fraction of sp³-hybridized carbons (Fsp3) is 0.500. The van der Waals surface area contributed by atoms with E-state index in [4.69, 9.17) is 0 Å². The molecule has 2 rings (SSSR count). The molecule has 20 heavy (non-hydrogen) atoms. The molecule has 0 aromatic heterocycles. The van der Waals surface area contributed by atoms with Crippen molar-refractivity contribution >= 4 is 16.0 Å². The molecule has 0 spiro atoms. The van der Waals surface area contributed by atoms with Crippen LogP contribution in [0, 0.1) is 5.92 Å². The molecule has 1 aliphatic rings. The van der Waals surface area contributed by atoms with Gasteiger partial charge >= 0.3 is 5.97 Å². The van der Waals surface area contributed by atoms with E-state index < -0.39 is 16.0 Å². The van der Waals surface area contributed by atoms with E-state index in [-0.39, 0.29) is 10.5 Å². The summed E-state index contributed by atoms with van der Waals surface area (Å²) in [5.41, 5.74) is 0.0925. The second-order valence-corrected chi connectivity index (χ2v) is 6.82. The summed E-state index contributed by atoms with van der Waals surface area (Å²) in [7, 11) is -2.39. The number of ether oxygens (including phenoxy) is 1. The minimum atomic E-state index is -3.63. The van der Waals surface area contributed by atoms with Crippen molar-refractivity contribution in [3.05, 3.63) is 29.8 Å². The number of carbonyl (C=O) groups is 1. The zero-order valence-electron chi connectivity index (χ0n) is 11.7. The number of sulfonamides is 1. The van der Waals surface area contributed by atoms with Crippen molar-refractivity contribution in [2.45, 2.75) is 24.7 Å². The monoisotopic (exact) mass is 297 g/mol. The molecule has 5 nitrogen and oxygen atoms in total. The van der Waals surface area contributed by atoms with Crippen LogP contribution < -0.4 is 0 Å². The van der Waals surface area contributed by atoms with Gasteiger partial charge in [0.1, 0.15) is 0 Å². The van der Waals surface area contributed by atoms with Crippen LogP contribution in [0.1, 0.15) is 30.1 Å². The Labute approximate surface area is 119 Å². The Morgan fingerprint density at radius 3 is 2.70 bits per heavy atom. The zero-order chi connectivity index (χ0) is 14.8. The molecule has 0 amide bonds. The van der Waals surface area contributed by atoms with Crippen LogP contribution in [0.15, 0.2) is 29.2 Å². The smallest absolute Gasteiger partial charge is 0.339 e. The lowest BCUT2D eigenvalue weighted by molar-refractivity contribution is 0.0596. The van der Waals surface area contributed by atoms with Crippen LogP contribution in [0.25, 0.3) is 0 Å². The fourth-order valence-electron chi connectivity index (χ4n) is 2.46. The Kier molecular flexibility index (Phi) is 4.45. The van der Waals surface area contributed by atoms with Crippen molar-refractivity contribution in [2.24, 2.45) is 5.92 Å². The number of hydrogen-bond acceptors (Lipinski definition) is 4. The second kappa shape index (κ2) is 5.93. The van der Waals surface area contributed by atoms with Crippen molar-refractivity contribution in [2.75, 3.05) is 20.2 Å². The van der Waals surface area contributed by atoms with Crippen molar-refractivity contribution in [3.8, 4) is 0 Å². The molecule has 1 fully saturated rings. The molecule has 1 heterocycles. The predicted octanol–water partition coefficient (Wildman–Crippen LogP) is 1.89. The predicted molar refractivity (Wildman–Crippen MR) is 74.9 cm³/mol. The van der Waals surface area contributed by atoms with E-state index >= 15 is 0 Å². The maximum absolute atomic E-state index is 12.7. The molecule has 1 unspecified atom stereocenters. The van der Waals surface area contributed by atoms with Gasteiger partial charge in [-0.2, -0.15) is 4.31 Å². The van der Waals surface area contributed by atoms with Gasteiger partial charge < -0.3 is 4.74 Å². The summed E-state index contributed by atoms with van der Waals surface area (Å²) >= 11 is 0. The molecule has 0 aliphatic carbocycles. The highest BCUT2D eigenvalue weighted by Gasteiger charge is 2.34. The van der Waals surface area contributed by atoms with Gasteiger partial charge in [0.05, 0.1) is 17.6 Å². The molecule has 1 saturated heterocycles. The lowest BCUT2D eigenvalue weighted by Gasteiger charge is -2.18. The summed E-state index contributed by atoms with van der Waals surface area (Å²) in [6, 6.07) is 6.18. The second-order valence-electron chi connectivity index (χ2n) is 4.91. The lowest BCUT2D eigenvalue weighted by atomic mass is 10.1. The Hall–Kier alpha value is -1.40. The van der Waals surface area contributed by atoms with E-state index in [2.05, 4.69) is 11.7 Å². The molecule has 1 aliphatic heterocycles. The normalized spacial score (nSPS) is 20.0.